The van der Waals surface area contributed by atoms with Gasteiger partial charge in [-0.15, -0.1) is 0 Å². The molecular formula is C19H23NO3. The zero-order valence-electron chi connectivity index (χ0n) is 14.1. The zero-order chi connectivity index (χ0) is 16.8. The van der Waals surface area contributed by atoms with Crippen molar-refractivity contribution in [3.05, 3.63) is 59.2 Å². The van der Waals surface area contributed by atoms with Crippen LogP contribution in [0.25, 0.3) is 0 Å². The van der Waals surface area contributed by atoms with Gasteiger partial charge in [0.1, 0.15) is 0 Å². The number of amides is 1. The van der Waals surface area contributed by atoms with Crippen LogP contribution in [-0.2, 0) is 6.54 Å². The van der Waals surface area contributed by atoms with Crippen LogP contribution in [0, 0.1) is 6.92 Å². The molecule has 0 radical (unpaired) electrons. The summed E-state index contributed by atoms with van der Waals surface area (Å²) in [5, 5.41) is 0. The van der Waals surface area contributed by atoms with Crippen molar-refractivity contribution in [2.24, 2.45) is 0 Å². The average Bonchev–Trinajstić information content (AvgIpc) is 2.59. The minimum atomic E-state index is 0.0299. The summed E-state index contributed by atoms with van der Waals surface area (Å²) < 4.78 is 10.6. The van der Waals surface area contributed by atoms with Crippen LogP contribution in [0.1, 0.15) is 28.4 Å². The molecule has 2 aromatic carbocycles. The van der Waals surface area contributed by atoms with Crippen molar-refractivity contribution < 1.29 is 14.3 Å². The Hall–Kier alpha value is -2.49. The summed E-state index contributed by atoms with van der Waals surface area (Å²) in [6.07, 6.45) is 0. The van der Waals surface area contributed by atoms with Gasteiger partial charge in [-0.25, -0.2) is 0 Å². The van der Waals surface area contributed by atoms with E-state index >= 15 is 0 Å². The van der Waals surface area contributed by atoms with E-state index in [2.05, 4.69) is 0 Å². The molecule has 0 N–H and O–H groups in total. The van der Waals surface area contributed by atoms with Crippen molar-refractivity contribution in [1.29, 1.82) is 0 Å². The van der Waals surface area contributed by atoms with Gasteiger partial charge in [0.05, 0.1) is 14.2 Å². The van der Waals surface area contributed by atoms with Crippen molar-refractivity contribution in [3.8, 4) is 11.5 Å². The molecule has 0 aliphatic rings. The number of rotatable bonds is 6. The molecule has 23 heavy (non-hydrogen) atoms. The first-order valence-electron chi connectivity index (χ1n) is 7.65. The Labute approximate surface area is 137 Å². The molecule has 0 aromatic heterocycles. The number of carbonyl (C=O) groups excluding carboxylic acids is 1. The number of methoxy groups -OCH3 is 2. The summed E-state index contributed by atoms with van der Waals surface area (Å²) in [6.45, 7) is 5.16. The fourth-order valence-corrected chi connectivity index (χ4v) is 2.41. The number of ether oxygens (including phenoxy) is 2. The number of nitrogens with zero attached hydrogens (tertiary/aromatic N) is 1. The molecule has 0 bridgehead atoms. The van der Waals surface area contributed by atoms with Gasteiger partial charge in [0.25, 0.3) is 5.91 Å². The second-order valence-corrected chi connectivity index (χ2v) is 5.37. The molecule has 0 spiro atoms. The van der Waals surface area contributed by atoms with E-state index in [4.69, 9.17) is 9.47 Å². The highest BCUT2D eigenvalue weighted by molar-refractivity contribution is 5.94. The third kappa shape index (κ3) is 4.03. The van der Waals surface area contributed by atoms with Gasteiger partial charge in [-0.1, -0.05) is 23.8 Å². The first-order valence-corrected chi connectivity index (χ1v) is 7.65. The smallest absolute Gasteiger partial charge is 0.254 e. The number of aryl methyl sites for hydroxylation is 1. The quantitative estimate of drug-likeness (QED) is 0.816. The van der Waals surface area contributed by atoms with Crippen LogP contribution < -0.4 is 9.47 Å². The number of hydrogen-bond acceptors (Lipinski definition) is 3. The second kappa shape index (κ2) is 7.68. The molecule has 2 rings (SSSR count). The maximum atomic E-state index is 12.6. The summed E-state index contributed by atoms with van der Waals surface area (Å²) in [6, 6.07) is 13.4. The van der Waals surface area contributed by atoms with Gasteiger partial charge in [0.15, 0.2) is 11.5 Å². The van der Waals surface area contributed by atoms with Crippen LogP contribution in [0.3, 0.4) is 0 Å². The van der Waals surface area contributed by atoms with Crippen molar-refractivity contribution in [2.75, 3.05) is 20.8 Å². The van der Waals surface area contributed by atoms with E-state index in [1.165, 1.54) is 0 Å². The lowest BCUT2D eigenvalue weighted by Crippen LogP contribution is -2.30. The molecule has 122 valence electrons. The largest absolute Gasteiger partial charge is 0.493 e. The number of carbonyl (C=O) groups is 1. The Morgan fingerprint density at radius 3 is 2.22 bits per heavy atom. The fourth-order valence-electron chi connectivity index (χ4n) is 2.41. The van der Waals surface area contributed by atoms with Crippen LogP contribution in [0.2, 0.25) is 0 Å². The predicted octanol–water partition coefficient (Wildman–Crippen LogP) is 3.67. The summed E-state index contributed by atoms with van der Waals surface area (Å²) in [7, 11) is 3.22. The topological polar surface area (TPSA) is 38.8 Å². The van der Waals surface area contributed by atoms with Crippen LogP contribution in [0.4, 0.5) is 0 Å². The molecular weight excluding hydrogens is 290 g/mol. The second-order valence-electron chi connectivity index (χ2n) is 5.37. The lowest BCUT2D eigenvalue weighted by molar-refractivity contribution is 0.0752. The van der Waals surface area contributed by atoms with Crippen molar-refractivity contribution in [1.82, 2.24) is 4.90 Å². The molecule has 0 aliphatic heterocycles. The number of benzene rings is 2. The average molecular weight is 313 g/mol. The van der Waals surface area contributed by atoms with Gasteiger partial charge in [0.2, 0.25) is 0 Å². The summed E-state index contributed by atoms with van der Waals surface area (Å²) in [4.78, 5) is 14.5. The molecule has 0 heterocycles. The molecule has 0 saturated carbocycles. The minimum absolute atomic E-state index is 0.0299. The first-order chi connectivity index (χ1) is 11.1. The zero-order valence-corrected chi connectivity index (χ0v) is 14.1. The van der Waals surface area contributed by atoms with E-state index in [9.17, 15) is 4.79 Å². The molecule has 0 atom stereocenters. The first kappa shape index (κ1) is 16.9. The molecule has 4 nitrogen and oxygen atoms in total. The van der Waals surface area contributed by atoms with Crippen LogP contribution in [0.15, 0.2) is 42.5 Å². The minimum Gasteiger partial charge on any atom is -0.493 e. The SMILES string of the molecule is CCN(Cc1ccc(OC)c(OC)c1)C(=O)c1ccc(C)cc1. The van der Waals surface area contributed by atoms with Crippen molar-refractivity contribution >= 4 is 5.91 Å². The maximum absolute atomic E-state index is 12.6. The molecule has 0 fully saturated rings. The summed E-state index contributed by atoms with van der Waals surface area (Å²) >= 11 is 0. The van der Waals surface area contributed by atoms with Gasteiger partial charge in [-0.05, 0) is 43.7 Å². The van der Waals surface area contributed by atoms with E-state index in [0.29, 0.717) is 30.2 Å². The van der Waals surface area contributed by atoms with Gasteiger partial charge in [-0.2, -0.15) is 0 Å². The van der Waals surface area contributed by atoms with E-state index in [1.54, 1.807) is 14.2 Å². The van der Waals surface area contributed by atoms with Gasteiger partial charge >= 0.3 is 0 Å². The van der Waals surface area contributed by atoms with Crippen LogP contribution in [-0.4, -0.2) is 31.6 Å². The Kier molecular flexibility index (Phi) is 5.63. The van der Waals surface area contributed by atoms with Crippen LogP contribution >= 0.6 is 0 Å². The van der Waals surface area contributed by atoms with E-state index in [-0.39, 0.29) is 5.91 Å². The highest BCUT2D eigenvalue weighted by Crippen LogP contribution is 2.28. The van der Waals surface area contributed by atoms with Gasteiger partial charge in [-0.3, -0.25) is 4.79 Å². The van der Waals surface area contributed by atoms with Crippen LogP contribution in [0.5, 0.6) is 11.5 Å². The summed E-state index contributed by atoms with van der Waals surface area (Å²) in [5.41, 5.74) is 2.85. The lowest BCUT2D eigenvalue weighted by atomic mass is 10.1. The third-order valence-corrected chi connectivity index (χ3v) is 3.79. The van der Waals surface area contributed by atoms with Crippen molar-refractivity contribution in [2.45, 2.75) is 20.4 Å². The lowest BCUT2D eigenvalue weighted by Gasteiger charge is -2.22. The molecule has 4 heteroatoms. The van der Waals surface area contributed by atoms with E-state index in [0.717, 1.165) is 11.1 Å². The van der Waals surface area contributed by atoms with E-state index < -0.39 is 0 Å². The Morgan fingerprint density at radius 2 is 1.65 bits per heavy atom. The molecule has 0 unspecified atom stereocenters. The monoisotopic (exact) mass is 313 g/mol. The predicted molar refractivity (Wildman–Crippen MR) is 91.1 cm³/mol. The molecule has 2 aromatic rings. The molecule has 1 amide bonds. The Bertz CT molecular complexity index is 665. The van der Waals surface area contributed by atoms with Gasteiger partial charge < -0.3 is 14.4 Å². The normalized spacial score (nSPS) is 10.3. The van der Waals surface area contributed by atoms with E-state index in [1.807, 2.05) is 61.2 Å². The third-order valence-electron chi connectivity index (χ3n) is 3.79. The van der Waals surface area contributed by atoms with Gasteiger partial charge in [0, 0.05) is 18.7 Å². The molecule has 0 saturated heterocycles. The highest BCUT2D eigenvalue weighted by atomic mass is 16.5. The van der Waals surface area contributed by atoms with Crippen molar-refractivity contribution in [3.63, 3.8) is 0 Å². The Balaban J connectivity index is 2.18. The number of hydrogen-bond donors (Lipinski definition) is 0. The Morgan fingerprint density at radius 1 is 1.00 bits per heavy atom. The summed E-state index contributed by atoms with van der Waals surface area (Å²) in [5.74, 6) is 1.38. The highest BCUT2D eigenvalue weighted by Gasteiger charge is 2.15. The fraction of sp³-hybridized carbons (Fsp3) is 0.316. The molecule has 0 aliphatic carbocycles. The standard InChI is InChI=1S/C19H23NO3/c1-5-20(19(21)16-9-6-14(2)7-10-16)13-15-8-11-17(22-3)18(12-15)23-4/h6-12H,5,13H2,1-4H3. The maximum Gasteiger partial charge on any atom is 0.254 e.